The predicted octanol–water partition coefficient (Wildman–Crippen LogP) is 8.82. The number of carbonyl (C=O) groups excluding carboxylic acids is 1. The summed E-state index contributed by atoms with van der Waals surface area (Å²) in [4.78, 5) is 14.8. The van der Waals surface area contributed by atoms with Crippen molar-refractivity contribution in [3.05, 3.63) is 124 Å². The minimum Gasteiger partial charge on any atom is -0.459 e. The number of furan rings is 1. The van der Waals surface area contributed by atoms with E-state index in [2.05, 4.69) is 21.2 Å². The number of carbonyl (C=O) groups is 1. The molecule has 4 aromatic carbocycles. The molecule has 1 N–H and O–H groups in total. The van der Waals surface area contributed by atoms with Crippen molar-refractivity contribution < 1.29 is 22.4 Å². The maximum absolute atomic E-state index is 14.3. The van der Waals surface area contributed by atoms with Crippen molar-refractivity contribution in [3.8, 4) is 11.1 Å². The average molecular weight is 579 g/mol. The van der Waals surface area contributed by atoms with Gasteiger partial charge in [0.2, 0.25) is 0 Å². The second kappa shape index (κ2) is 10.8. The molecule has 192 valence electrons. The lowest BCUT2D eigenvalue weighted by atomic mass is 10.0. The topological polar surface area (TPSA) is 45.5 Å². The van der Waals surface area contributed by atoms with E-state index >= 15 is 0 Å². The molecule has 8 heteroatoms. The Bertz CT molecular complexity index is 1600. The van der Waals surface area contributed by atoms with E-state index in [1.807, 2.05) is 79.7 Å². The monoisotopic (exact) mass is 578 g/mol. The molecule has 0 bridgehead atoms. The molecule has 0 aliphatic heterocycles. The van der Waals surface area contributed by atoms with E-state index < -0.39 is 29.2 Å². The first kappa shape index (κ1) is 25.6. The van der Waals surface area contributed by atoms with Crippen LogP contribution in [0.4, 0.5) is 23.7 Å². The fourth-order valence-corrected chi connectivity index (χ4v) is 4.60. The summed E-state index contributed by atoms with van der Waals surface area (Å²) in [5.74, 6) is -2.97. The van der Waals surface area contributed by atoms with Gasteiger partial charge < -0.3 is 14.6 Å². The summed E-state index contributed by atoms with van der Waals surface area (Å²) in [6.45, 7) is 2.12. The van der Waals surface area contributed by atoms with Crippen molar-refractivity contribution in [1.29, 1.82) is 0 Å². The number of nitrogens with zero attached hydrogens (tertiary/aromatic N) is 1. The number of fused-ring (bicyclic) bond motifs is 1. The fraction of sp³-hybridized carbons (Fsp3) is 0.100. The lowest BCUT2D eigenvalue weighted by molar-refractivity contribution is 0.201. The highest BCUT2D eigenvalue weighted by Gasteiger charge is 2.24. The number of hydrogen-bond acceptors (Lipinski definition) is 2. The van der Waals surface area contributed by atoms with Gasteiger partial charge in [-0.1, -0.05) is 70.0 Å². The zero-order chi connectivity index (χ0) is 26.8. The summed E-state index contributed by atoms with van der Waals surface area (Å²) in [5.41, 5.74) is 3.50. The molecule has 1 aromatic heterocycles. The van der Waals surface area contributed by atoms with Crippen molar-refractivity contribution >= 4 is 38.6 Å². The number of benzene rings is 4. The van der Waals surface area contributed by atoms with Gasteiger partial charge >= 0.3 is 6.03 Å². The van der Waals surface area contributed by atoms with Crippen molar-refractivity contribution in [1.82, 2.24) is 4.90 Å². The van der Waals surface area contributed by atoms with E-state index in [1.165, 1.54) is 4.90 Å². The summed E-state index contributed by atoms with van der Waals surface area (Å²) in [6.07, 6.45) is 0. The van der Waals surface area contributed by atoms with Crippen LogP contribution in [0.2, 0.25) is 0 Å². The number of hydrogen-bond donors (Lipinski definition) is 1. The molecule has 0 unspecified atom stereocenters. The van der Waals surface area contributed by atoms with Crippen LogP contribution in [0.1, 0.15) is 16.9 Å². The highest BCUT2D eigenvalue weighted by molar-refractivity contribution is 9.10. The first-order valence-corrected chi connectivity index (χ1v) is 12.6. The van der Waals surface area contributed by atoms with E-state index in [4.69, 9.17) is 4.42 Å². The molecule has 0 spiro atoms. The van der Waals surface area contributed by atoms with Gasteiger partial charge in [-0.25, -0.2) is 18.0 Å². The molecule has 0 aliphatic rings. The van der Waals surface area contributed by atoms with Gasteiger partial charge in [-0.2, -0.15) is 0 Å². The normalized spacial score (nSPS) is 11.1. The zero-order valence-electron chi connectivity index (χ0n) is 20.3. The van der Waals surface area contributed by atoms with E-state index in [0.717, 1.165) is 32.1 Å². The SMILES string of the molecule is Cc1ccc2oc(CN(Cc3ccccc3)C(=O)Nc3c(F)cc(F)cc3F)c(-c3ccc(Br)cc3)c2c1. The third-order valence-corrected chi connectivity index (χ3v) is 6.65. The van der Waals surface area contributed by atoms with Crippen LogP contribution < -0.4 is 5.32 Å². The van der Waals surface area contributed by atoms with Crippen LogP contribution in [0.5, 0.6) is 0 Å². The van der Waals surface area contributed by atoms with Crippen LogP contribution in [-0.2, 0) is 13.1 Å². The van der Waals surface area contributed by atoms with Crippen molar-refractivity contribution in [2.45, 2.75) is 20.0 Å². The Morgan fingerprint density at radius 1 is 0.895 bits per heavy atom. The molecule has 0 saturated carbocycles. The molecule has 5 aromatic rings. The second-order valence-electron chi connectivity index (χ2n) is 8.92. The Kier molecular flexibility index (Phi) is 7.24. The number of rotatable bonds is 6. The van der Waals surface area contributed by atoms with Crippen LogP contribution in [0, 0.1) is 24.4 Å². The Hall–Kier alpha value is -4.04. The average Bonchev–Trinajstić information content (AvgIpc) is 3.23. The molecule has 4 nitrogen and oxygen atoms in total. The van der Waals surface area contributed by atoms with Gasteiger partial charge in [0, 0.05) is 34.1 Å². The highest BCUT2D eigenvalue weighted by atomic mass is 79.9. The van der Waals surface area contributed by atoms with Crippen LogP contribution in [0.3, 0.4) is 0 Å². The first-order valence-electron chi connectivity index (χ1n) is 11.8. The fourth-order valence-electron chi connectivity index (χ4n) is 4.33. The number of halogens is 4. The molecule has 0 radical (unpaired) electrons. The quantitative estimate of drug-likeness (QED) is 0.219. The van der Waals surface area contributed by atoms with Gasteiger partial charge in [0.15, 0.2) is 11.6 Å². The van der Waals surface area contributed by atoms with Crippen LogP contribution in [0.25, 0.3) is 22.1 Å². The molecule has 0 atom stereocenters. The summed E-state index contributed by atoms with van der Waals surface area (Å²) in [6, 6.07) is 23.1. The Balaban J connectivity index is 1.57. The Labute approximate surface area is 225 Å². The second-order valence-corrected chi connectivity index (χ2v) is 9.84. The molecule has 0 aliphatic carbocycles. The van der Waals surface area contributed by atoms with E-state index in [9.17, 15) is 18.0 Å². The molecular weight excluding hydrogens is 557 g/mol. The zero-order valence-corrected chi connectivity index (χ0v) is 21.9. The Morgan fingerprint density at radius 3 is 2.26 bits per heavy atom. The molecule has 0 saturated heterocycles. The lowest BCUT2D eigenvalue weighted by Crippen LogP contribution is -2.34. The standard InChI is InChI=1S/C30H22BrF3N2O2/c1-18-7-12-26-23(13-18)28(20-8-10-21(31)11-9-20)27(38-26)17-36(16-19-5-3-2-4-6-19)30(37)35-29-24(33)14-22(32)15-25(29)34/h2-15H,16-17H2,1H3,(H,35,37). The number of nitrogens with one attached hydrogen (secondary N) is 1. The molecule has 0 fully saturated rings. The third kappa shape index (κ3) is 5.45. The van der Waals surface area contributed by atoms with Gasteiger partial charge in [-0.3, -0.25) is 0 Å². The van der Waals surface area contributed by atoms with Gasteiger partial charge in [-0.15, -0.1) is 0 Å². The maximum Gasteiger partial charge on any atom is 0.322 e. The molecule has 1 heterocycles. The largest absolute Gasteiger partial charge is 0.459 e. The van der Waals surface area contributed by atoms with Crippen LogP contribution in [-0.4, -0.2) is 10.9 Å². The highest BCUT2D eigenvalue weighted by Crippen LogP contribution is 2.37. The number of anilines is 1. The van der Waals surface area contributed by atoms with Crippen molar-refractivity contribution in [2.24, 2.45) is 0 Å². The summed E-state index contributed by atoms with van der Waals surface area (Å²) >= 11 is 3.46. The smallest absolute Gasteiger partial charge is 0.322 e. The first-order chi connectivity index (χ1) is 18.3. The van der Waals surface area contributed by atoms with Gasteiger partial charge in [-0.05, 0) is 42.3 Å². The summed E-state index contributed by atoms with van der Waals surface area (Å²) in [7, 11) is 0. The van der Waals surface area contributed by atoms with Gasteiger partial charge in [0.05, 0.1) is 6.54 Å². The van der Waals surface area contributed by atoms with Crippen molar-refractivity contribution in [3.63, 3.8) is 0 Å². The Morgan fingerprint density at radius 2 is 1.58 bits per heavy atom. The summed E-state index contributed by atoms with van der Waals surface area (Å²) in [5, 5.41) is 3.17. The minimum atomic E-state index is -1.20. The van der Waals surface area contributed by atoms with Crippen molar-refractivity contribution in [2.75, 3.05) is 5.32 Å². The molecule has 5 rings (SSSR count). The molecule has 38 heavy (non-hydrogen) atoms. The van der Waals surface area contributed by atoms with E-state index in [0.29, 0.717) is 23.5 Å². The number of amides is 2. The van der Waals surface area contributed by atoms with E-state index in [1.54, 1.807) is 0 Å². The molecule has 2 amide bonds. The van der Waals surface area contributed by atoms with Crippen LogP contribution >= 0.6 is 15.9 Å². The molecular formula is C30H22BrF3N2O2. The van der Waals surface area contributed by atoms with E-state index in [-0.39, 0.29) is 13.1 Å². The third-order valence-electron chi connectivity index (χ3n) is 6.13. The minimum absolute atomic E-state index is 0.00425. The maximum atomic E-state index is 14.3. The predicted molar refractivity (Wildman–Crippen MR) is 145 cm³/mol. The lowest BCUT2D eigenvalue weighted by Gasteiger charge is -2.23. The number of urea groups is 1. The number of aryl methyl sites for hydroxylation is 1. The van der Waals surface area contributed by atoms with Gasteiger partial charge in [0.25, 0.3) is 0 Å². The summed E-state index contributed by atoms with van der Waals surface area (Å²) < 4.78 is 49.3. The van der Waals surface area contributed by atoms with Gasteiger partial charge in [0.1, 0.15) is 22.8 Å². The van der Waals surface area contributed by atoms with Crippen LogP contribution in [0.15, 0.2) is 93.8 Å².